The second-order valence-corrected chi connectivity index (χ2v) is 8.56. The Labute approximate surface area is 211 Å². The van der Waals surface area contributed by atoms with Crippen molar-refractivity contribution in [2.45, 2.75) is 37.6 Å². The van der Waals surface area contributed by atoms with Crippen LogP contribution in [0, 0.1) is 5.82 Å². The highest BCUT2D eigenvalue weighted by molar-refractivity contribution is 5.83. The Morgan fingerprint density at radius 1 is 1.22 bits per heavy atom. The number of amides is 1. The molecule has 0 spiro atoms. The van der Waals surface area contributed by atoms with Gasteiger partial charge in [-0.25, -0.2) is 19.3 Å². The van der Waals surface area contributed by atoms with Crippen LogP contribution in [-0.4, -0.2) is 55.8 Å². The van der Waals surface area contributed by atoms with Crippen molar-refractivity contribution < 1.29 is 23.8 Å². The molecule has 1 saturated heterocycles. The van der Waals surface area contributed by atoms with Crippen molar-refractivity contribution in [3.63, 3.8) is 0 Å². The topological polar surface area (TPSA) is 149 Å². The summed E-state index contributed by atoms with van der Waals surface area (Å²) in [6.07, 6.45) is -0.384. The second-order valence-electron chi connectivity index (χ2n) is 8.56. The molecule has 5 rings (SSSR count). The van der Waals surface area contributed by atoms with Gasteiger partial charge in [-0.05, 0) is 23.8 Å². The summed E-state index contributed by atoms with van der Waals surface area (Å²) in [5, 5.41) is 16.3. The van der Waals surface area contributed by atoms with Gasteiger partial charge in [0, 0.05) is 19.2 Å². The maximum Gasteiger partial charge on any atom is 0.250 e. The summed E-state index contributed by atoms with van der Waals surface area (Å²) in [6, 6.07) is 13.1. The highest BCUT2D eigenvalue weighted by Crippen LogP contribution is 2.32. The number of carbonyl (C=O) groups excluding carboxylic acids is 1. The number of anilines is 1. The van der Waals surface area contributed by atoms with E-state index < -0.39 is 36.2 Å². The Hall–Kier alpha value is -4.13. The van der Waals surface area contributed by atoms with Gasteiger partial charge in [0.2, 0.25) is 0 Å². The summed E-state index contributed by atoms with van der Waals surface area (Å²) in [7, 11) is 1.46. The molecule has 1 amide bonds. The van der Waals surface area contributed by atoms with Crippen molar-refractivity contribution >= 4 is 22.9 Å². The zero-order chi connectivity index (χ0) is 25.9. The average molecular weight is 508 g/mol. The fraction of sp³-hybridized carbons (Fsp3) is 0.280. The van der Waals surface area contributed by atoms with E-state index >= 15 is 0 Å². The van der Waals surface area contributed by atoms with Crippen LogP contribution < -0.4 is 21.1 Å². The molecular weight excluding hydrogens is 481 g/mol. The van der Waals surface area contributed by atoms with Crippen molar-refractivity contribution in [3.8, 4) is 5.75 Å². The van der Waals surface area contributed by atoms with Crippen molar-refractivity contribution in [2.75, 3.05) is 12.4 Å². The van der Waals surface area contributed by atoms with Crippen molar-refractivity contribution in [2.24, 2.45) is 5.73 Å². The lowest BCUT2D eigenvalue weighted by Crippen LogP contribution is -2.46. The summed E-state index contributed by atoms with van der Waals surface area (Å²) < 4.78 is 27.2. The number of nitrogens with two attached hydrogens (primary N) is 1. The monoisotopic (exact) mass is 507 g/mol. The number of nitrogens with one attached hydrogen (secondary N) is 2. The van der Waals surface area contributed by atoms with E-state index in [-0.39, 0.29) is 6.54 Å². The van der Waals surface area contributed by atoms with Crippen LogP contribution in [0.2, 0.25) is 0 Å². The molecule has 192 valence electrons. The molecule has 1 aliphatic rings. The van der Waals surface area contributed by atoms with Gasteiger partial charge in [0.1, 0.15) is 30.6 Å². The summed E-state index contributed by atoms with van der Waals surface area (Å²) in [4.78, 5) is 25.0. The largest absolute Gasteiger partial charge is 0.489 e. The lowest BCUT2D eigenvalue weighted by molar-refractivity contribution is -0.134. The normalized spacial score (nSPS) is 21.2. The number of hydrogen-bond acceptors (Lipinski definition) is 9. The Kier molecular flexibility index (Phi) is 6.95. The zero-order valence-electron chi connectivity index (χ0n) is 19.9. The van der Waals surface area contributed by atoms with Crippen molar-refractivity contribution in [1.29, 1.82) is 0 Å². The first kappa shape index (κ1) is 24.6. The number of imidazole rings is 1. The van der Waals surface area contributed by atoms with E-state index in [0.29, 0.717) is 34.9 Å². The lowest BCUT2D eigenvalue weighted by Gasteiger charge is -2.17. The minimum absolute atomic E-state index is 0.201. The molecule has 3 heterocycles. The minimum Gasteiger partial charge on any atom is -0.489 e. The Morgan fingerprint density at radius 3 is 2.81 bits per heavy atom. The summed E-state index contributed by atoms with van der Waals surface area (Å²) >= 11 is 0. The number of rotatable bonds is 8. The van der Waals surface area contributed by atoms with Crippen LogP contribution in [0.3, 0.4) is 0 Å². The predicted molar refractivity (Wildman–Crippen MR) is 132 cm³/mol. The van der Waals surface area contributed by atoms with E-state index in [0.717, 1.165) is 5.56 Å². The van der Waals surface area contributed by atoms with Crippen LogP contribution in [0.1, 0.15) is 17.4 Å². The third-order valence-corrected chi connectivity index (χ3v) is 6.17. The fourth-order valence-electron chi connectivity index (χ4n) is 4.21. The first-order valence-electron chi connectivity index (χ1n) is 11.6. The first-order valence-corrected chi connectivity index (χ1v) is 11.6. The van der Waals surface area contributed by atoms with E-state index in [1.165, 1.54) is 36.4 Å². The molecule has 12 heteroatoms. The van der Waals surface area contributed by atoms with Gasteiger partial charge < -0.3 is 30.9 Å². The number of aliphatic hydroxyl groups is 1. The molecule has 0 saturated carbocycles. The van der Waals surface area contributed by atoms with Gasteiger partial charge in [0.05, 0.1) is 12.4 Å². The molecule has 11 nitrogen and oxygen atoms in total. The van der Waals surface area contributed by atoms with Crippen LogP contribution >= 0.6 is 0 Å². The quantitative estimate of drug-likeness (QED) is 0.278. The molecule has 4 aromatic rings. The lowest BCUT2D eigenvalue weighted by atomic mass is 10.1. The number of aliphatic hydroxyl groups excluding tert-OH is 1. The first-order chi connectivity index (χ1) is 18.0. The van der Waals surface area contributed by atoms with E-state index in [2.05, 4.69) is 25.6 Å². The number of nitrogens with zero attached hydrogens (tertiary/aromatic N) is 4. The van der Waals surface area contributed by atoms with E-state index in [1.807, 2.05) is 30.3 Å². The van der Waals surface area contributed by atoms with Crippen LogP contribution in [0.15, 0.2) is 61.2 Å². The molecule has 4 atom stereocenters. The molecule has 2 aromatic heterocycles. The molecule has 1 fully saturated rings. The third kappa shape index (κ3) is 4.94. The number of halogens is 1. The van der Waals surface area contributed by atoms with Gasteiger partial charge in [-0.1, -0.05) is 30.3 Å². The van der Waals surface area contributed by atoms with Gasteiger partial charge in [0.15, 0.2) is 29.3 Å². The van der Waals surface area contributed by atoms with Gasteiger partial charge in [-0.3, -0.25) is 9.36 Å². The number of hydrogen-bond donors (Lipinski definition) is 4. The molecular formula is C25H26FN7O4. The van der Waals surface area contributed by atoms with Crippen molar-refractivity contribution in [3.05, 3.63) is 78.1 Å². The van der Waals surface area contributed by atoms with E-state index in [1.54, 1.807) is 6.07 Å². The van der Waals surface area contributed by atoms with Gasteiger partial charge >= 0.3 is 0 Å². The number of carbonyl (C=O) groups is 1. The van der Waals surface area contributed by atoms with Gasteiger partial charge in [-0.2, -0.15) is 0 Å². The maximum absolute atomic E-state index is 14.0. The molecule has 5 N–H and O–H groups in total. The molecule has 0 aliphatic carbocycles. The second kappa shape index (κ2) is 10.5. The van der Waals surface area contributed by atoms with E-state index in [4.69, 9.17) is 15.2 Å². The summed E-state index contributed by atoms with van der Waals surface area (Å²) in [6.45, 7) is 0.539. The highest BCUT2D eigenvalue weighted by atomic mass is 19.1. The van der Waals surface area contributed by atoms with E-state index in [9.17, 15) is 14.3 Å². The number of fused-ring (bicyclic) bond motifs is 1. The van der Waals surface area contributed by atoms with Crippen LogP contribution in [0.25, 0.3) is 11.2 Å². The van der Waals surface area contributed by atoms with Crippen molar-refractivity contribution in [1.82, 2.24) is 24.8 Å². The van der Waals surface area contributed by atoms with Crippen LogP contribution in [0.4, 0.5) is 10.2 Å². The van der Waals surface area contributed by atoms with Gasteiger partial charge in [0.25, 0.3) is 5.91 Å². The fourth-order valence-corrected chi connectivity index (χ4v) is 4.21. The number of benzene rings is 2. The molecule has 0 unspecified atom stereocenters. The highest BCUT2D eigenvalue weighted by Gasteiger charge is 2.46. The SMILES string of the molecule is CNC(=O)[C@H]1O[C@@H](n2cnc3c(NCc4cc(F)ccc4OCc4ccccc4)ncnc32)[C@H](O)[C@@H]1N. The average Bonchev–Trinajstić information content (AvgIpc) is 3.48. The molecule has 1 aliphatic heterocycles. The molecule has 0 bridgehead atoms. The number of likely N-dealkylation sites (N-methyl/N-ethyl adjacent to an activating group) is 1. The van der Waals surface area contributed by atoms with Crippen LogP contribution in [-0.2, 0) is 22.7 Å². The number of aromatic nitrogens is 4. The van der Waals surface area contributed by atoms with Crippen LogP contribution in [0.5, 0.6) is 5.75 Å². The Bertz CT molecular complexity index is 1400. The standard InChI is InChI=1S/C25H26FN7O4/c1-28-24(35)21-18(27)20(34)25(37-21)33-13-32-19-22(30-12-31-23(19)33)29-10-15-9-16(26)7-8-17(15)36-11-14-5-3-2-4-6-14/h2-9,12-13,18,20-21,25,34H,10-11,27H2,1H3,(H,28,35)(H,29,30,31)/t18-,20+,21-,25+/m0/s1. The zero-order valence-corrected chi connectivity index (χ0v) is 19.9. The minimum atomic E-state index is -1.16. The predicted octanol–water partition coefficient (Wildman–Crippen LogP) is 1.49. The Balaban J connectivity index is 1.35. The molecule has 2 aromatic carbocycles. The summed E-state index contributed by atoms with van der Waals surface area (Å²) in [5.41, 5.74) is 8.36. The smallest absolute Gasteiger partial charge is 0.250 e. The number of ether oxygens (including phenoxy) is 2. The Morgan fingerprint density at radius 2 is 2.03 bits per heavy atom. The summed E-state index contributed by atoms with van der Waals surface area (Å²) in [5.74, 6) is 0.0955. The molecule has 37 heavy (non-hydrogen) atoms. The van der Waals surface area contributed by atoms with Gasteiger partial charge in [-0.15, -0.1) is 0 Å². The third-order valence-electron chi connectivity index (χ3n) is 6.17. The maximum atomic E-state index is 14.0. The molecule has 0 radical (unpaired) electrons.